The van der Waals surface area contributed by atoms with E-state index in [-0.39, 0.29) is 6.03 Å². The second-order valence-electron chi connectivity index (χ2n) is 6.89. The number of urea groups is 1. The minimum absolute atomic E-state index is 0.341. The second kappa shape index (κ2) is 6.09. The monoisotopic (exact) mass is 345 g/mol. The van der Waals surface area contributed by atoms with Gasteiger partial charge in [0.1, 0.15) is 5.15 Å². The molecule has 4 rings (SSSR count). The van der Waals surface area contributed by atoms with Crippen molar-refractivity contribution in [2.45, 2.75) is 38.5 Å². The largest absolute Gasteiger partial charge is 0.324 e. The fourth-order valence-corrected chi connectivity index (χ4v) is 4.28. The van der Waals surface area contributed by atoms with Crippen molar-refractivity contribution in [3.8, 4) is 0 Å². The number of hydrogen-bond donors (Lipinski definition) is 3. The van der Waals surface area contributed by atoms with Crippen LogP contribution in [0.25, 0.3) is 0 Å². The van der Waals surface area contributed by atoms with Crippen molar-refractivity contribution in [1.82, 2.24) is 15.2 Å². The summed E-state index contributed by atoms with van der Waals surface area (Å²) in [5.74, 6) is 2.76. The molecule has 7 heteroatoms. The van der Waals surface area contributed by atoms with Gasteiger partial charge in [0, 0.05) is 29.6 Å². The number of aromatic amines is 1. The average Bonchev–Trinajstić information content (AvgIpc) is 3.26. The number of aryl methyl sites for hydroxylation is 1. The summed E-state index contributed by atoms with van der Waals surface area (Å²) in [5.41, 5.74) is 2.62. The van der Waals surface area contributed by atoms with Gasteiger partial charge in [-0.15, -0.1) is 0 Å². The zero-order valence-corrected chi connectivity index (χ0v) is 14.2. The number of carbonyl (C=O) groups excluding carboxylic acids is 1. The lowest BCUT2D eigenvalue weighted by molar-refractivity contribution is 0.262. The number of rotatable bonds is 3. The maximum absolute atomic E-state index is 12.2. The summed E-state index contributed by atoms with van der Waals surface area (Å²) in [5, 5.41) is 13.2. The molecule has 2 aliphatic carbocycles. The summed E-state index contributed by atoms with van der Waals surface area (Å²) in [7, 11) is 0. The lowest BCUT2D eigenvalue weighted by Gasteiger charge is -2.19. The van der Waals surface area contributed by atoms with Crippen LogP contribution in [0.4, 0.5) is 16.3 Å². The van der Waals surface area contributed by atoms with Gasteiger partial charge >= 0.3 is 6.03 Å². The number of H-pyrrole nitrogens is 1. The topological polar surface area (TPSA) is 82.7 Å². The van der Waals surface area contributed by atoms with Crippen LogP contribution in [0, 0.1) is 18.8 Å². The smallest absolute Gasteiger partial charge is 0.307 e. The Labute approximate surface area is 145 Å². The number of hydrogen-bond acceptors (Lipinski definition) is 3. The van der Waals surface area contributed by atoms with Crippen LogP contribution in [0.2, 0.25) is 5.15 Å². The number of carbonyl (C=O) groups is 1. The highest BCUT2D eigenvalue weighted by Crippen LogP contribution is 2.52. The normalized spacial score (nSPS) is 25.0. The van der Waals surface area contributed by atoms with E-state index in [4.69, 9.17) is 11.6 Å². The van der Waals surface area contributed by atoms with E-state index in [9.17, 15) is 4.79 Å². The molecule has 6 nitrogen and oxygen atoms in total. The van der Waals surface area contributed by atoms with Crippen molar-refractivity contribution < 1.29 is 4.79 Å². The Balaban J connectivity index is 1.40. The number of aromatic nitrogens is 3. The summed E-state index contributed by atoms with van der Waals surface area (Å²) < 4.78 is 0. The van der Waals surface area contributed by atoms with E-state index in [0.717, 1.165) is 23.1 Å². The maximum atomic E-state index is 12.2. The third kappa shape index (κ3) is 2.98. The Morgan fingerprint density at radius 3 is 2.92 bits per heavy atom. The molecule has 2 aliphatic rings. The molecule has 2 heterocycles. The van der Waals surface area contributed by atoms with Gasteiger partial charge < -0.3 is 5.32 Å². The number of amides is 2. The number of halogens is 1. The van der Waals surface area contributed by atoms with Crippen molar-refractivity contribution in [2.24, 2.45) is 11.8 Å². The van der Waals surface area contributed by atoms with Crippen LogP contribution in [-0.2, 0) is 0 Å². The third-order valence-corrected chi connectivity index (χ3v) is 5.50. The van der Waals surface area contributed by atoms with Crippen LogP contribution in [0.1, 0.15) is 42.9 Å². The molecule has 0 aromatic carbocycles. The Bertz CT molecular complexity index is 774. The highest BCUT2D eigenvalue weighted by atomic mass is 35.5. The maximum Gasteiger partial charge on any atom is 0.324 e. The summed E-state index contributed by atoms with van der Waals surface area (Å²) in [6.07, 6.45) is 6.90. The van der Waals surface area contributed by atoms with Crippen LogP contribution in [-0.4, -0.2) is 21.2 Å². The van der Waals surface area contributed by atoms with Crippen LogP contribution in [0.3, 0.4) is 0 Å². The number of pyridine rings is 1. The molecule has 126 valence electrons. The fourth-order valence-electron chi connectivity index (χ4n) is 4.12. The predicted molar refractivity (Wildman–Crippen MR) is 93.4 cm³/mol. The summed E-state index contributed by atoms with van der Waals surface area (Å²) in [4.78, 5) is 16.1. The molecule has 3 atom stereocenters. The summed E-state index contributed by atoms with van der Waals surface area (Å²) in [6, 6.07) is 3.24. The van der Waals surface area contributed by atoms with E-state index in [2.05, 4.69) is 25.8 Å². The molecule has 0 radical (unpaired) electrons. The summed E-state index contributed by atoms with van der Waals surface area (Å²) in [6.45, 7) is 1.86. The first-order valence-electron chi connectivity index (χ1n) is 8.34. The van der Waals surface area contributed by atoms with E-state index in [1.807, 2.05) is 13.0 Å². The highest BCUT2D eigenvalue weighted by molar-refractivity contribution is 6.29. The molecule has 2 aromatic heterocycles. The van der Waals surface area contributed by atoms with Crippen LogP contribution < -0.4 is 10.6 Å². The zero-order valence-electron chi connectivity index (χ0n) is 13.5. The van der Waals surface area contributed by atoms with Crippen molar-refractivity contribution in [2.75, 3.05) is 10.6 Å². The Kier molecular flexibility index (Phi) is 3.92. The number of anilines is 2. The predicted octanol–water partition coefficient (Wildman–Crippen LogP) is 4.31. The highest BCUT2D eigenvalue weighted by Gasteiger charge is 2.40. The number of nitrogens with zero attached hydrogens (tertiary/aromatic N) is 2. The molecule has 3 unspecified atom stereocenters. The molecule has 0 aliphatic heterocycles. The SMILES string of the molecule is Cc1cnc(Cl)cc1NC(=O)Nc1cc(C2CC3CCC2C3)[nH]n1. The molecule has 2 amide bonds. The Morgan fingerprint density at radius 1 is 1.29 bits per heavy atom. The van der Waals surface area contributed by atoms with Crippen LogP contribution >= 0.6 is 11.6 Å². The molecule has 0 saturated heterocycles. The van der Waals surface area contributed by atoms with Gasteiger partial charge in [-0.1, -0.05) is 18.0 Å². The van der Waals surface area contributed by atoms with Crippen molar-refractivity contribution in [3.63, 3.8) is 0 Å². The van der Waals surface area contributed by atoms with Gasteiger partial charge in [-0.3, -0.25) is 10.4 Å². The average molecular weight is 346 g/mol. The minimum Gasteiger partial charge on any atom is -0.307 e. The lowest BCUT2D eigenvalue weighted by atomic mass is 9.86. The molecule has 24 heavy (non-hydrogen) atoms. The molecule has 0 spiro atoms. The van der Waals surface area contributed by atoms with Gasteiger partial charge in [-0.05, 0) is 49.7 Å². The quantitative estimate of drug-likeness (QED) is 0.725. The second-order valence-corrected chi connectivity index (χ2v) is 7.28. The van der Waals surface area contributed by atoms with Gasteiger partial charge in [0.05, 0.1) is 0 Å². The molecule has 2 aromatic rings. The van der Waals surface area contributed by atoms with E-state index in [1.165, 1.54) is 25.7 Å². The van der Waals surface area contributed by atoms with E-state index in [0.29, 0.717) is 22.6 Å². The fraction of sp³-hybridized carbons (Fsp3) is 0.471. The van der Waals surface area contributed by atoms with Crippen molar-refractivity contribution >= 4 is 29.1 Å². The first-order valence-corrected chi connectivity index (χ1v) is 8.71. The molecular formula is C17H20ClN5O. The summed E-state index contributed by atoms with van der Waals surface area (Å²) >= 11 is 5.87. The number of fused-ring (bicyclic) bond motifs is 2. The molecule has 2 fully saturated rings. The van der Waals surface area contributed by atoms with Gasteiger partial charge in [0.2, 0.25) is 0 Å². The number of nitrogens with one attached hydrogen (secondary N) is 3. The lowest BCUT2D eigenvalue weighted by Crippen LogP contribution is -2.20. The molecule has 2 saturated carbocycles. The van der Waals surface area contributed by atoms with Crippen LogP contribution in [0.15, 0.2) is 18.3 Å². The van der Waals surface area contributed by atoms with E-state index >= 15 is 0 Å². The van der Waals surface area contributed by atoms with Crippen molar-refractivity contribution in [3.05, 3.63) is 34.7 Å². The van der Waals surface area contributed by atoms with Gasteiger partial charge in [0.15, 0.2) is 5.82 Å². The zero-order chi connectivity index (χ0) is 16.7. The minimum atomic E-state index is -0.341. The van der Waals surface area contributed by atoms with Gasteiger partial charge in [-0.25, -0.2) is 9.78 Å². The first kappa shape index (κ1) is 15.4. The van der Waals surface area contributed by atoms with E-state index < -0.39 is 0 Å². The standard InChI is InChI=1S/C17H20ClN5O/c1-9-8-19-15(18)6-13(9)20-17(24)21-16-7-14(22-23-16)12-5-10-2-3-11(12)4-10/h6-8,10-12H,2-5H2,1H3,(H3,19,20,21,22,23,24). The van der Waals surface area contributed by atoms with Crippen LogP contribution in [0.5, 0.6) is 0 Å². The Hall–Kier alpha value is -2.08. The molecule has 2 bridgehead atoms. The van der Waals surface area contributed by atoms with E-state index in [1.54, 1.807) is 12.3 Å². The van der Waals surface area contributed by atoms with Gasteiger partial charge in [0.25, 0.3) is 0 Å². The third-order valence-electron chi connectivity index (χ3n) is 5.29. The first-order chi connectivity index (χ1) is 11.6. The van der Waals surface area contributed by atoms with Crippen molar-refractivity contribution in [1.29, 1.82) is 0 Å². The Morgan fingerprint density at radius 2 is 2.17 bits per heavy atom. The molecule has 3 N–H and O–H groups in total. The van der Waals surface area contributed by atoms with Gasteiger partial charge in [-0.2, -0.15) is 5.10 Å². The molecular weight excluding hydrogens is 326 g/mol.